The van der Waals surface area contributed by atoms with Crippen LogP contribution in [0.5, 0.6) is 5.75 Å². The normalized spacial score (nSPS) is 43.7. The van der Waals surface area contributed by atoms with E-state index >= 15 is 0 Å². The number of esters is 1. The average Bonchev–Trinajstić information content (AvgIpc) is 3.80. The third-order valence-electron chi connectivity index (χ3n) is 16.3. The summed E-state index contributed by atoms with van der Waals surface area (Å²) in [5, 5.41) is 0. The molecule has 0 bridgehead atoms. The molecule has 0 spiro atoms. The van der Waals surface area contributed by atoms with Crippen molar-refractivity contribution in [3.8, 4) is 18.1 Å². The second-order valence-corrected chi connectivity index (χ2v) is 18.2. The van der Waals surface area contributed by atoms with Gasteiger partial charge in [-0.15, -0.1) is 6.42 Å². The van der Waals surface area contributed by atoms with Gasteiger partial charge in [-0.05, 0) is 179 Å². The van der Waals surface area contributed by atoms with E-state index in [0.717, 1.165) is 49.7 Å². The number of carbonyl (C=O) groups is 1. The maximum Gasteiger partial charge on any atom is 0.304 e. The van der Waals surface area contributed by atoms with Gasteiger partial charge in [-0.3, -0.25) is 4.79 Å². The number of fused-ring (bicyclic) bond motifs is 10. The molecule has 0 radical (unpaired) electrons. The fourth-order valence-corrected chi connectivity index (χ4v) is 13.9. The summed E-state index contributed by atoms with van der Waals surface area (Å²) < 4.78 is 19.5. The molecule has 4 heteroatoms. The van der Waals surface area contributed by atoms with Crippen LogP contribution in [0.2, 0.25) is 0 Å². The molecule has 0 N–H and O–H groups in total. The maximum atomic E-state index is 12.1. The molecule has 5 saturated carbocycles. The lowest BCUT2D eigenvalue weighted by Gasteiger charge is -2.54. The van der Waals surface area contributed by atoms with Gasteiger partial charge in [0.1, 0.15) is 11.9 Å². The Hall–Kier alpha value is -2.67. The molecule has 8 aliphatic carbocycles. The number of terminal acetylenes is 1. The zero-order valence-corrected chi connectivity index (χ0v) is 30.3. The van der Waals surface area contributed by atoms with Crippen molar-refractivity contribution in [3.63, 3.8) is 0 Å². The van der Waals surface area contributed by atoms with Crippen molar-refractivity contribution < 1.29 is 19.0 Å². The first kappa shape index (κ1) is 32.3. The first-order valence-electron chi connectivity index (χ1n) is 20.3. The molecule has 1 aromatic carbocycles. The van der Waals surface area contributed by atoms with E-state index in [2.05, 4.69) is 50.1 Å². The van der Waals surface area contributed by atoms with Gasteiger partial charge in [0, 0.05) is 24.2 Å². The zero-order valence-electron chi connectivity index (χ0n) is 30.3. The number of allylic oxidation sites excluding steroid dienone is 4. The standard InChI is InChI=1S/C45H58O4/c1-5-45(49-28(2)46)25-22-41-39-15-11-30-27-33(13-17-35(30)37(39)21-24-44(41,45)4)48-42-19-18-40-38-14-10-29-26-32(47-31-8-6-7-9-31)12-16-34(29)36(38)20-23-43(40,42)3/h1,11-12,16,26-27,31,35-42H,6-10,13-15,17-25H2,2-4H3/t35-,36+,37+,38+,39+,40-,41-,42-,43-,44-,45-/m0/s1. The molecule has 0 saturated heterocycles. The Labute approximate surface area is 295 Å². The maximum absolute atomic E-state index is 12.1. The molecule has 8 aliphatic rings. The van der Waals surface area contributed by atoms with Crippen molar-refractivity contribution in [1.29, 1.82) is 0 Å². The highest BCUT2D eigenvalue weighted by atomic mass is 16.6. The number of ether oxygens (including phenoxy) is 3. The van der Waals surface area contributed by atoms with Gasteiger partial charge in [-0.2, -0.15) is 0 Å². The summed E-state index contributed by atoms with van der Waals surface area (Å²) in [6.07, 6.45) is 32.1. The molecule has 262 valence electrons. The predicted molar refractivity (Wildman–Crippen MR) is 193 cm³/mol. The largest absolute Gasteiger partial charge is 0.494 e. The summed E-state index contributed by atoms with van der Waals surface area (Å²) in [6.45, 7) is 6.43. The molecule has 4 nitrogen and oxygen atoms in total. The Morgan fingerprint density at radius 2 is 1.69 bits per heavy atom. The van der Waals surface area contributed by atoms with Gasteiger partial charge in [0.25, 0.3) is 0 Å². The van der Waals surface area contributed by atoms with Gasteiger partial charge >= 0.3 is 5.97 Å². The number of aryl methyl sites for hydroxylation is 1. The third kappa shape index (κ3) is 5.01. The van der Waals surface area contributed by atoms with Crippen LogP contribution in [0.3, 0.4) is 0 Å². The first-order chi connectivity index (χ1) is 23.7. The van der Waals surface area contributed by atoms with Crippen LogP contribution in [0.1, 0.15) is 141 Å². The molecule has 0 heterocycles. The lowest BCUT2D eigenvalue weighted by atomic mass is 9.51. The minimum absolute atomic E-state index is 0.126. The van der Waals surface area contributed by atoms with Crippen molar-refractivity contribution >= 4 is 5.97 Å². The van der Waals surface area contributed by atoms with Crippen LogP contribution in [0.15, 0.2) is 41.7 Å². The Kier molecular flexibility index (Phi) is 7.87. The van der Waals surface area contributed by atoms with Gasteiger partial charge in [0.15, 0.2) is 5.60 Å². The molecule has 0 unspecified atom stereocenters. The molecule has 0 amide bonds. The van der Waals surface area contributed by atoms with Gasteiger partial charge in [0.2, 0.25) is 0 Å². The Morgan fingerprint density at radius 3 is 2.51 bits per heavy atom. The number of rotatable bonds is 5. The van der Waals surface area contributed by atoms with Crippen molar-refractivity contribution in [2.24, 2.45) is 46.3 Å². The van der Waals surface area contributed by atoms with E-state index in [-0.39, 0.29) is 16.8 Å². The minimum Gasteiger partial charge on any atom is -0.494 e. The van der Waals surface area contributed by atoms with E-state index in [1.165, 1.54) is 95.3 Å². The third-order valence-corrected chi connectivity index (χ3v) is 16.3. The van der Waals surface area contributed by atoms with Crippen LogP contribution in [0.4, 0.5) is 0 Å². The van der Waals surface area contributed by atoms with E-state index in [9.17, 15) is 4.79 Å². The van der Waals surface area contributed by atoms with E-state index < -0.39 is 5.60 Å². The predicted octanol–water partition coefficient (Wildman–Crippen LogP) is 10.3. The topological polar surface area (TPSA) is 44.8 Å². The van der Waals surface area contributed by atoms with E-state index in [1.807, 2.05) is 0 Å². The zero-order chi connectivity index (χ0) is 33.5. The molecule has 1 aromatic rings. The van der Waals surface area contributed by atoms with Crippen LogP contribution in [-0.4, -0.2) is 23.8 Å². The monoisotopic (exact) mass is 662 g/mol. The fourth-order valence-electron chi connectivity index (χ4n) is 13.9. The summed E-state index contributed by atoms with van der Waals surface area (Å²) in [5.74, 6) is 9.84. The lowest BCUT2D eigenvalue weighted by Crippen LogP contribution is -2.53. The summed E-state index contributed by atoms with van der Waals surface area (Å²) in [4.78, 5) is 12.1. The molecular formula is C45H58O4. The second-order valence-electron chi connectivity index (χ2n) is 18.2. The van der Waals surface area contributed by atoms with Gasteiger partial charge in [-0.1, -0.05) is 31.9 Å². The van der Waals surface area contributed by atoms with E-state index in [4.69, 9.17) is 20.6 Å². The molecular weight excluding hydrogens is 604 g/mol. The summed E-state index contributed by atoms with van der Waals surface area (Å²) in [7, 11) is 0. The van der Waals surface area contributed by atoms with E-state index in [0.29, 0.717) is 41.8 Å². The Bertz CT molecular complexity index is 1590. The SMILES string of the molecule is C#C[C@]1(OC(C)=O)CC[C@H]2[C@@H]3CC=C4C=C(O[C@H]5CC[C@H]6[C@@H]7CCc8cc(OC9CCCC9)ccc8[C@H]7CC[C@]56C)CC[C@@H]4[C@H]3CC[C@@]21C. The van der Waals surface area contributed by atoms with E-state index in [1.54, 1.807) is 11.1 Å². The van der Waals surface area contributed by atoms with Gasteiger partial charge in [0.05, 0.1) is 11.9 Å². The lowest BCUT2D eigenvalue weighted by molar-refractivity contribution is -0.167. The highest BCUT2D eigenvalue weighted by molar-refractivity contribution is 5.67. The van der Waals surface area contributed by atoms with Crippen LogP contribution in [0, 0.1) is 58.7 Å². The Morgan fingerprint density at radius 1 is 0.837 bits per heavy atom. The molecule has 49 heavy (non-hydrogen) atoms. The summed E-state index contributed by atoms with van der Waals surface area (Å²) in [6, 6.07) is 7.13. The van der Waals surface area contributed by atoms with Crippen LogP contribution >= 0.6 is 0 Å². The molecule has 0 aliphatic heterocycles. The molecule has 9 rings (SSSR count). The van der Waals surface area contributed by atoms with Crippen molar-refractivity contribution in [2.45, 2.75) is 154 Å². The minimum atomic E-state index is -0.742. The van der Waals surface area contributed by atoms with Crippen LogP contribution < -0.4 is 4.74 Å². The highest BCUT2D eigenvalue weighted by Crippen LogP contribution is 2.66. The molecule has 5 fully saturated rings. The van der Waals surface area contributed by atoms with Crippen LogP contribution in [-0.2, 0) is 20.7 Å². The smallest absolute Gasteiger partial charge is 0.304 e. The molecule has 11 atom stereocenters. The first-order valence-corrected chi connectivity index (χ1v) is 20.3. The quantitative estimate of drug-likeness (QED) is 0.233. The summed E-state index contributed by atoms with van der Waals surface area (Å²) >= 11 is 0. The van der Waals surface area contributed by atoms with Crippen molar-refractivity contribution in [3.05, 3.63) is 52.8 Å². The second kappa shape index (κ2) is 12.0. The fraction of sp³-hybridized carbons (Fsp3) is 0.711. The number of benzene rings is 1. The van der Waals surface area contributed by atoms with Gasteiger partial charge < -0.3 is 14.2 Å². The van der Waals surface area contributed by atoms with Crippen LogP contribution in [0.25, 0.3) is 0 Å². The summed E-state index contributed by atoms with van der Waals surface area (Å²) in [5.41, 5.74) is 4.13. The number of hydrogen-bond donors (Lipinski definition) is 0. The van der Waals surface area contributed by atoms with Crippen molar-refractivity contribution in [2.75, 3.05) is 0 Å². The number of carbonyl (C=O) groups excluding carboxylic acids is 1. The highest BCUT2D eigenvalue weighted by Gasteiger charge is 2.64. The number of hydrogen-bond acceptors (Lipinski definition) is 4. The van der Waals surface area contributed by atoms with Crippen molar-refractivity contribution in [1.82, 2.24) is 0 Å². The van der Waals surface area contributed by atoms with Gasteiger partial charge in [-0.25, -0.2) is 0 Å². The average molecular weight is 663 g/mol. The Balaban J connectivity index is 0.875. The molecule has 0 aromatic heterocycles.